The number of aromatic nitrogens is 3. The van der Waals surface area contributed by atoms with Gasteiger partial charge in [-0.05, 0) is 75.5 Å². The number of phenolic OH excluding ortho intramolecular Hbond substituents is 1. The Morgan fingerprint density at radius 3 is 2.59 bits per heavy atom. The molecule has 4 aliphatic rings. The monoisotopic (exact) mass is 552 g/mol. The number of anilines is 1. The van der Waals surface area contributed by atoms with E-state index in [1.165, 1.54) is 6.07 Å². The van der Waals surface area contributed by atoms with Gasteiger partial charge in [0.05, 0.1) is 12.0 Å². The van der Waals surface area contributed by atoms with Gasteiger partial charge in [-0.2, -0.15) is 9.97 Å². The molecule has 2 unspecified atom stereocenters. The van der Waals surface area contributed by atoms with E-state index in [4.69, 9.17) is 21.3 Å². The van der Waals surface area contributed by atoms with Crippen LogP contribution in [-0.4, -0.2) is 63.9 Å². The van der Waals surface area contributed by atoms with Gasteiger partial charge in [0.25, 0.3) is 0 Å². The number of aromatic hydroxyl groups is 1. The van der Waals surface area contributed by atoms with E-state index in [-0.39, 0.29) is 28.9 Å². The summed E-state index contributed by atoms with van der Waals surface area (Å²) in [6.45, 7) is 4.24. The standard InChI is InChI=1S/C29H34ClFN6O2/c1-15-2-5-17(33-15)8-9-39-29-35-27-22(28(36-29)37-13-18-6-7-19(14-37)34-18)12-32-26(25(27)31)21-10-20(38)11-23(30)24(21)16-3-4-16/h10-12,15-19,33-34,38H,2-9,13-14H2,1H3/t15-,17-,18?,19?/m0/s1. The Bertz CT molecular complexity index is 1410. The van der Waals surface area contributed by atoms with Gasteiger partial charge in [0.15, 0.2) is 5.82 Å². The zero-order valence-corrected chi connectivity index (χ0v) is 22.8. The third-order valence-electron chi connectivity index (χ3n) is 8.68. The largest absolute Gasteiger partial charge is 0.508 e. The van der Waals surface area contributed by atoms with Crippen molar-refractivity contribution in [2.24, 2.45) is 0 Å². The van der Waals surface area contributed by atoms with Crippen molar-refractivity contribution in [3.8, 4) is 23.0 Å². The van der Waals surface area contributed by atoms with Crippen LogP contribution in [0.15, 0.2) is 18.3 Å². The van der Waals surface area contributed by atoms with Gasteiger partial charge < -0.3 is 25.4 Å². The Morgan fingerprint density at radius 1 is 1.08 bits per heavy atom. The number of pyridine rings is 1. The van der Waals surface area contributed by atoms with Crippen LogP contribution in [0.3, 0.4) is 0 Å². The molecule has 2 bridgehead atoms. The molecular weight excluding hydrogens is 519 g/mol. The van der Waals surface area contributed by atoms with E-state index in [1.54, 1.807) is 12.3 Å². The lowest BCUT2D eigenvalue weighted by Crippen LogP contribution is -2.51. The summed E-state index contributed by atoms with van der Waals surface area (Å²) in [5, 5.41) is 18.5. The van der Waals surface area contributed by atoms with Gasteiger partial charge in [-0.15, -0.1) is 0 Å². The number of ether oxygens (including phenoxy) is 1. The molecule has 10 heteroatoms. The minimum atomic E-state index is -0.547. The van der Waals surface area contributed by atoms with E-state index in [2.05, 4.69) is 32.4 Å². The van der Waals surface area contributed by atoms with Crippen LogP contribution in [0, 0.1) is 5.82 Å². The fraction of sp³-hybridized carbons (Fsp3) is 0.552. The van der Waals surface area contributed by atoms with Crippen LogP contribution in [0.2, 0.25) is 5.02 Å². The highest BCUT2D eigenvalue weighted by Gasteiger charge is 2.35. The fourth-order valence-corrected chi connectivity index (χ4v) is 6.98. The van der Waals surface area contributed by atoms with Gasteiger partial charge in [0.2, 0.25) is 0 Å². The summed E-state index contributed by atoms with van der Waals surface area (Å²) in [7, 11) is 0. The Morgan fingerprint density at radius 2 is 1.87 bits per heavy atom. The Hall–Kier alpha value is -2.75. The van der Waals surface area contributed by atoms with Crippen molar-refractivity contribution in [1.29, 1.82) is 0 Å². The van der Waals surface area contributed by atoms with Crippen molar-refractivity contribution >= 4 is 28.3 Å². The van der Waals surface area contributed by atoms with Crippen LogP contribution in [0.1, 0.15) is 63.4 Å². The molecule has 1 saturated carbocycles. The predicted molar refractivity (Wildman–Crippen MR) is 149 cm³/mol. The average Bonchev–Trinajstić information content (AvgIpc) is 3.57. The number of halogens is 2. The molecule has 1 aliphatic carbocycles. The molecular formula is C29H34ClFN6O2. The van der Waals surface area contributed by atoms with E-state index in [0.717, 1.165) is 63.6 Å². The molecule has 39 heavy (non-hydrogen) atoms. The number of nitrogens with zero attached hydrogens (tertiary/aromatic N) is 4. The lowest BCUT2D eigenvalue weighted by molar-refractivity contribution is 0.270. The first-order valence-electron chi connectivity index (χ1n) is 14.2. The van der Waals surface area contributed by atoms with Gasteiger partial charge in [-0.3, -0.25) is 4.98 Å². The highest BCUT2D eigenvalue weighted by molar-refractivity contribution is 6.32. The lowest BCUT2D eigenvalue weighted by Gasteiger charge is -2.34. The van der Waals surface area contributed by atoms with E-state index in [0.29, 0.717) is 52.6 Å². The van der Waals surface area contributed by atoms with Crippen LogP contribution in [-0.2, 0) is 0 Å². The maximum Gasteiger partial charge on any atom is 0.319 e. The predicted octanol–water partition coefficient (Wildman–Crippen LogP) is 4.92. The SMILES string of the molecule is C[C@H]1CC[C@@H](CCOc2nc(N3CC4CCC(C3)N4)c3cnc(-c4cc(O)cc(Cl)c4C4CC4)c(F)c3n2)N1. The van der Waals surface area contributed by atoms with Crippen LogP contribution < -0.4 is 20.3 Å². The molecule has 8 nitrogen and oxygen atoms in total. The third kappa shape index (κ3) is 4.89. The van der Waals surface area contributed by atoms with Gasteiger partial charge in [-0.1, -0.05) is 11.6 Å². The minimum absolute atomic E-state index is 0.0146. The van der Waals surface area contributed by atoms with Crippen molar-refractivity contribution in [3.63, 3.8) is 0 Å². The number of hydrogen-bond acceptors (Lipinski definition) is 8. The molecule has 0 spiro atoms. The average molecular weight is 553 g/mol. The summed E-state index contributed by atoms with van der Waals surface area (Å²) >= 11 is 6.52. The number of fused-ring (bicyclic) bond motifs is 3. The molecule has 4 atom stereocenters. The second-order valence-electron chi connectivity index (χ2n) is 11.7. The Labute approximate surface area is 232 Å². The highest BCUT2D eigenvalue weighted by Crippen LogP contribution is 2.49. The van der Waals surface area contributed by atoms with Crippen molar-refractivity contribution < 1.29 is 14.2 Å². The first-order valence-corrected chi connectivity index (χ1v) is 14.6. The number of hydrogen-bond donors (Lipinski definition) is 3. The van der Waals surface area contributed by atoms with E-state index < -0.39 is 5.82 Å². The number of benzene rings is 1. The molecule has 3 aliphatic heterocycles. The van der Waals surface area contributed by atoms with Crippen LogP contribution in [0.25, 0.3) is 22.2 Å². The minimum Gasteiger partial charge on any atom is -0.508 e. The zero-order valence-electron chi connectivity index (χ0n) is 22.1. The van der Waals surface area contributed by atoms with Crippen LogP contribution in [0.4, 0.5) is 10.2 Å². The molecule has 0 radical (unpaired) electrons. The van der Waals surface area contributed by atoms with Crippen molar-refractivity contribution in [2.45, 2.75) is 82.0 Å². The summed E-state index contributed by atoms with van der Waals surface area (Å²) in [4.78, 5) is 16.2. The Balaban J connectivity index is 1.29. The normalized spacial score (nSPS) is 26.5. The number of phenols is 1. The molecule has 206 valence electrons. The van der Waals surface area contributed by atoms with Gasteiger partial charge >= 0.3 is 6.01 Å². The summed E-state index contributed by atoms with van der Waals surface area (Å²) < 4.78 is 22.5. The molecule has 3 saturated heterocycles. The smallest absolute Gasteiger partial charge is 0.319 e. The van der Waals surface area contributed by atoms with Gasteiger partial charge in [0, 0.05) is 54.0 Å². The first kappa shape index (κ1) is 25.2. The lowest BCUT2D eigenvalue weighted by atomic mass is 9.98. The summed E-state index contributed by atoms with van der Waals surface area (Å²) in [5.74, 6) is 0.344. The molecule has 3 N–H and O–H groups in total. The van der Waals surface area contributed by atoms with E-state index in [9.17, 15) is 5.11 Å². The Kier molecular flexibility index (Phi) is 6.48. The molecule has 2 aromatic heterocycles. The summed E-state index contributed by atoms with van der Waals surface area (Å²) in [5.41, 5.74) is 1.68. The van der Waals surface area contributed by atoms with Gasteiger partial charge in [0.1, 0.15) is 22.8 Å². The van der Waals surface area contributed by atoms with E-state index >= 15 is 4.39 Å². The molecule has 7 rings (SSSR count). The molecule has 5 heterocycles. The summed E-state index contributed by atoms with van der Waals surface area (Å²) in [6.07, 6.45) is 9.00. The first-order chi connectivity index (χ1) is 18.9. The van der Waals surface area contributed by atoms with Crippen molar-refractivity contribution in [2.75, 3.05) is 24.6 Å². The maximum atomic E-state index is 16.4. The molecule has 4 fully saturated rings. The summed E-state index contributed by atoms with van der Waals surface area (Å²) in [6, 6.07) is 4.97. The second kappa shape index (κ2) is 10.0. The van der Waals surface area contributed by atoms with Crippen molar-refractivity contribution in [1.82, 2.24) is 25.6 Å². The number of piperazine rings is 1. The third-order valence-corrected chi connectivity index (χ3v) is 8.99. The topological polar surface area (TPSA) is 95.4 Å². The highest BCUT2D eigenvalue weighted by atomic mass is 35.5. The maximum absolute atomic E-state index is 16.4. The number of nitrogens with one attached hydrogen (secondary N) is 2. The van der Waals surface area contributed by atoms with Gasteiger partial charge in [-0.25, -0.2) is 4.39 Å². The zero-order chi connectivity index (χ0) is 26.7. The van der Waals surface area contributed by atoms with Crippen LogP contribution >= 0.6 is 11.6 Å². The quantitative estimate of drug-likeness (QED) is 0.380. The molecule has 0 amide bonds. The number of rotatable bonds is 7. The second-order valence-corrected chi connectivity index (χ2v) is 12.1. The van der Waals surface area contributed by atoms with Crippen LogP contribution in [0.5, 0.6) is 11.8 Å². The van der Waals surface area contributed by atoms with E-state index in [1.807, 2.05) is 0 Å². The molecule has 3 aromatic rings. The van der Waals surface area contributed by atoms with Crippen molar-refractivity contribution in [3.05, 3.63) is 34.7 Å². The molecule has 1 aromatic carbocycles. The fourth-order valence-electron chi connectivity index (χ4n) is 6.61.